The van der Waals surface area contributed by atoms with E-state index in [0.717, 1.165) is 6.42 Å². The average Bonchev–Trinajstić information content (AvgIpc) is 1.90. The van der Waals surface area contributed by atoms with Crippen molar-refractivity contribution in [3.63, 3.8) is 0 Å². The zero-order valence-corrected chi connectivity index (χ0v) is 4.71. The zero-order valence-electron chi connectivity index (χ0n) is 4.71. The third kappa shape index (κ3) is 1.32. The van der Waals surface area contributed by atoms with E-state index in [0.29, 0.717) is 6.61 Å². The first-order valence-electron chi connectivity index (χ1n) is 2.81. The molecule has 2 heteroatoms. The minimum atomic E-state index is 0.0556. The van der Waals surface area contributed by atoms with Crippen molar-refractivity contribution < 1.29 is 9.84 Å². The van der Waals surface area contributed by atoms with E-state index in [-0.39, 0.29) is 12.7 Å². The molecule has 0 saturated heterocycles. The Bertz CT molecular complexity index is 88.5. The third-order valence-electron chi connectivity index (χ3n) is 1.20. The Balaban J connectivity index is 2.27. The molecule has 1 rings (SSSR count). The van der Waals surface area contributed by atoms with Crippen LogP contribution in [0.1, 0.15) is 6.42 Å². The second-order valence-electron chi connectivity index (χ2n) is 1.85. The van der Waals surface area contributed by atoms with Crippen LogP contribution in [-0.2, 0) is 4.74 Å². The van der Waals surface area contributed by atoms with Gasteiger partial charge in [0.25, 0.3) is 0 Å². The number of hydrogen-bond acceptors (Lipinski definition) is 2. The molecular formula is C6H10O2. The summed E-state index contributed by atoms with van der Waals surface area (Å²) in [4.78, 5) is 0. The van der Waals surface area contributed by atoms with Crippen LogP contribution in [0.2, 0.25) is 0 Å². The summed E-state index contributed by atoms with van der Waals surface area (Å²) >= 11 is 0. The van der Waals surface area contributed by atoms with Gasteiger partial charge in [-0.2, -0.15) is 0 Å². The van der Waals surface area contributed by atoms with Gasteiger partial charge < -0.3 is 9.84 Å². The Hall–Kier alpha value is -0.340. The molecule has 1 N–H and O–H groups in total. The van der Waals surface area contributed by atoms with Gasteiger partial charge in [-0.25, -0.2) is 0 Å². The molecule has 0 aromatic heterocycles. The molecule has 0 amide bonds. The molecule has 0 spiro atoms. The van der Waals surface area contributed by atoms with Crippen molar-refractivity contribution in [1.82, 2.24) is 0 Å². The van der Waals surface area contributed by atoms with Crippen molar-refractivity contribution in [3.05, 3.63) is 12.2 Å². The molecule has 1 unspecified atom stereocenters. The molecule has 0 radical (unpaired) electrons. The Morgan fingerprint density at radius 3 is 2.88 bits per heavy atom. The fourth-order valence-corrected chi connectivity index (χ4v) is 0.703. The predicted molar refractivity (Wildman–Crippen MR) is 30.6 cm³/mol. The van der Waals surface area contributed by atoms with E-state index in [1.54, 1.807) is 0 Å². The molecule has 1 heterocycles. The Kier molecular flexibility index (Phi) is 2.06. The predicted octanol–water partition coefficient (Wildman–Crippen LogP) is 0.324. The molecule has 1 aliphatic heterocycles. The molecule has 0 fully saturated rings. The van der Waals surface area contributed by atoms with E-state index in [4.69, 9.17) is 9.84 Å². The Morgan fingerprint density at radius 1 is 1.62 bits per heavy atom. The summed E-state index contributed by atoms with van der Waals surface area (Å²) in [6.45, 7) is 0.801. The van der Waals surface area contributed by atoms with E-state index < -0.39 is 0 Å². The molecule has 46 valence electrons. The van der Waals surface area contributed by atoms with Gasteiger partial charge in [-0.3, -0.25) is 0 Å². The quantitative estimate of drug-likeness (QED) is 0.497. The first kappa shape index (κ1) is 5.79. The number of aliphatic hydroxyl groups excluding tert-OH is 1. The Labute approximate surface area is 48.8 Å². The van der Waals surface area contributed by atoms with Crippen molar-refractivity contribution >= 4 is 0 Å². The van der Waals surface area contributed by atoms with Crippen molar-refractivity contribution in [2.24, 2.45) is 0 Å². The average molecular weight is 114 g/mol. The largest absolute Gasteiger partial charge is 0.394 e. The zero-order chi connectivity index (χ0) is 5.82. The maximum atomic E-state index is 8.53. The van der Waals surface area contributed by atoms with Crippen molar-refractivity contribution in [1.29, 1.82) is 0 Å². The monoisotopic (exact) mass is 114 g/mol. The summed E-state index contributed by atoms with van der Waals surface area (Å²) in [6.07, 6.45) is 4.91. The highest BCUT2D eigenvalue weighted by atomic mass is 16.5. The molecule has 8 heavy (non-hydrogen) atoms. The second-order valence-corrected chi connectivity index (χ2v) is 1.85. The molecule has 0 saturated carbocycles. The lowest BCUT2D eigenvalue weighted by molar-refractivity contribution is 0.0240. The summed E-state index contributed by atoms with van der Waals surface area (Å²) < 4.78 is 5.09. The Morgan fingerprint density at radius 2 is 2.50 bits per heavy atom. The van der Waals surface area contributed by atoms with E-state index in [9.17, 15) is 0 Å². The van der Waals surface area contributed by atoms with Crippen LogP contribution in [-0.4, -0.2) is 24.4 Å². The SMILES string of the molecule is OCC1CC=CCO1. The van der Waals surface area contributed by atoms with Gasteiger partial charge in [0.1, 0.15) is 0 Å². The van der Waals surface area contributed by atoms with Crippen LogP contribution < -0.4 is 0 Å². The molecule has 1 atom stereocenters. The summed E-state index contributed by atoms with van der Waals surface area (Å²) in [7, 11) is 0. The van der Waals surface area contributed by atoms with Crippen LogP contribution in [0.25, 0.3) is 0 Å². The van der Waals surface area contributed by atoms with Gasteiger partial charge in [-0.1, -0.05) is 12.2 Å². The summed E-state index contributed by atoms with van der Waals surface area (Å²) in [5.41, 5.74) is 0. The van der Waals surface area contributed by atoms with E-state index in [1.165, 1.54) is 0 Å². The van der Waals surface area contributed by atoms with Crippen LogP contribution >= 0.6 is 0 Å². The lowest BCUT2D eigenvalue weighted by atomic mass is 10.2. The van der Waals surface area contributed by atoms with Crippen molar-refractivity contribution in [2.45, 2.75) is 12.5 Å². The first-order chi connectivity index (χ1) is 3.93. The smallest absolute Gasteiger partial charge is 0.0844 e. The topological polar surface area (TPSA) is 29.5 Å². The first-order valence-corrected chi connectivity index (χ1v) is 2.81. The van der Waals surface area contributed by atoms with Gasteiger partial charge in [0.15, 0.2) is 0 Å². The van der Waals surface area contributed by atoms with E-state index in [1.807, 2.05) is 12.2 Å². The lowest BCUT2D eigenvalue weighted by Crippen LogP contribution is -2.19. The number of ether oxygens (including phenoxy) is 1. The highest BCUT2D eigenvalue weighted by Crippen LogP contribution is 2.03. The highest BCUT2D eigenvalue weighted by Gasteiger charge is 2.06. The number of hydrogen-bond donors (Lipinski definition) is 1. The van der Waals surface area contributed by atoms with Gasteiger partial charge >= 0.3 is 0 Å². The van der Waals surface area contributed by atoms with Gasteiger partial charge in [0.05, 0.1) is 19.3 Å². The van der Waals surface area contributed by atoms with Crippen LogP contribution in [0.4, 0.5) is 0 Å². The van der Waals surface area contributed by atoms with Crippen LogP contribution in [0.5, 0.6) is 0 Å². The normalized spacial score (nSPS) is 28.4. The second kappa shape index (κ2) is 2.84. The minimum Gasteiger partial charge on any atom is -0.394 e. The molecule has 0 bridgehead atoms. The minimum absolute atomic E-state index is 0.0556. The summed E-state index contributed by atoms with van der Waals surface area (Å²) in [6, 6.07) is 0. The number of aliphatic hydroxyl groups is 1. The van der Waals surface area contributed by atoms with E-state index in [2.05, 4.69) is 0 Å². The van der Waals surface area contributed by atoms with Crippen LogP contribution in [0, 0.1) is 0 Å². The molecule has 2 nitrogen and oxygen atoms in total. The van der Waals surface area contributed by atoms with Gasteiger partial charge in [0.2, 0.25) is 0 Å². The van der Waals surface area contributed by atoms with Crippen molar-refractivity contribution in [2.75, 3.05) is 13.2 Å². The van der Waals surface area contributed by atoms with Gasteiger partial charge in [0, 0.05) is 0 Å². The van der Waals surface area contributed by atoms with Gasteiger partial charge in [-0.05, 0) is 6.42 Å². The third-order valence-corrected chi connectivity index (χ3v) is 1.20. The molecular weight excluding hydrogens is 104 g/mol. The fourth-order valence-electron chi connectivity index (χ4n) is 0.703. The number of rotatable bonds is 1. The fraction of sp³-hybridized carbons (Fsp3) is 0.667. The van der Waals surface area contributed by atoms with Crippen LogP contribution in [0.3, 0.4) is 0 Å². The summed E-state index contributed by atoms with van der Waals surface area (Å²) in [5.74, 6) is 0. The lowest BCUT2D eigenvalue weighted by Gasteiger charge is -2.14. The molecule has 0 aliphatic carbocycles. The maximum absolute atomic E-state index is 8.53. The maximum Gasteiger partial charge on any atom is 0.0844 e. The standard InChI is InChI=1S/C6H10O2/c7-5-6-3-1-2-4-8-6/h1-2,6-7H,3-5H2. The van der Waals surface area contributed by atoms with Crippen LogP contribution in [0.15, 0.2) is 12.2 Å². The molecule has 0 aromatic carbocycles. The molecule has 1 aliphatic rings. The van der Waals surface area contributed by atoms with E-state index >= 15 is 0 Å². The van der Waals surface area contributed by atoms with Gasteiger partial charge in [-0.15, -0.1) is 0 Å². The van der Waals surface area contributed by atoms with Crippen molar-refractivity contribution in [3.8, 4) is 0 Å². The highest BCUT2D eigenvalue weighted by molar-refractivity contribution is 4.88. The summed E-state index contributed by atoms with van der Waals surface area (Å²) in [5, 5.41) is 8.53. The molecule has 0 aromatic rings.